The van der Waals surface area contributed by atoms with Gasteiger partial charge in [-0.1, -0.05) is 19.9 Å². The highest BCUT2D eigenvalue weighted by atomic mass is 16.6. The summed E-state index contributed by atoms with van der Waals surface area (Å²) in [5.74, 6) is 1.39. The van der Waals surface area contributed by atoms with Crippen LogP contribution in [0.2, 0.25) is 0 Å². The Morgan fingerprint density at radius 1 is 0.767 bits per heavy atom. The molecule has 0 aromatic heterocycles. The molecule has 30 heavy (non-hydrogen) atoms. The van der Waals surface area contributed by atoms with Crippen LogP contribution in [0.15, 0.2) is 66.4 Å². The quantitative estimate of drug-likeness (QED) is 0.313. The van der Waals surface area contributed by atoms with Crippen LogP contribution in [0, 0.1) is 20.2 Å². The molecule has 8 nitrogen and oxygen atoms in total. The number of allylic oxidation sites excluding steroid dienone is 4. The molecule has 0 unspecified atom stereocenters. The number of non-ortho nitro benzene ring substituents is 2. The van der Waals surface area contributed by atoms with Gasteiger partial charge in [0.2, 0.25) is 0 Å². The van der Waals surface area contributed by atoms with Crippen molar-refractivity contribution in [3.05, 3.63) is 92.2 Å². The predicted molar refractivity (Wildman–Crippen MR) is 114 cm³/mol. The molecular weight excluding hydrogens is 388 g/mol. The Balaban J connectivity index is 0.00000155. The first-order chi connectivity index (χ1) is 14.5. The zero-order valence-electron chi connectivity index (χ0n) is 16.9. The van der Waals surface area contributed by atoms with E-state index < -0.39 is 9.85 Å². The minimum absolute atomic E-state index is 0.0200. The second kappa shape index (κ2) is 11.4. The lowest BCUT2D eigenvalue weighted by atomic mass is 9.96. The van der Waals surface area contributed by atoms with Crippen molar-refractivity contribution in [2.24, 2.45) is 0 Å². The van der Waals surface area contributed by atoms with Gasteiger partial charge in [-0.3, -0.25) is 20.2 Å². The standard InChI is InChI=1S/C20H18N2O6.C2H6/c23-21(24)17-5-1-15(2-6-17)16-3-9-19(10-4-16)27-13-14-28-20-11-7-18(8-12-20)22(25)26;1-2/h1-3,5-9,11-12H,4,10,13-14H2;1-2H3. The number of hydrogen-bond donors (Lipinski definition) is 0. The highest BCUT2D eigenvalue weighted by Crippen LogP contribution is 2.28. The molecule has 2 aromatic rings. The van der Waals surface area contributed by atoms with E-state index in [1.165, 1.54) is 24.3 Å². The zero-order valence-corrected chi connectivity index (χ0v) is 16.9. The van der Waals surface area contributed by atoms with Gasteiger partial charge in [0.05, 0.1) is 15.6 Å². The molecule has 1 aliphatic rings. The van der Waals surface area contributed by atoms with E-state index in [0.717, 1.165) is 29.7 Å². The second-order valence-corrected chi connectivity index (χ2v) is 6.08. The fourth-order valence-electron chi connectivity index (χ4n) is 2.77. The van der Waals surface area contributed by atoms with E-state index in [0.29, 0.717) is 19.0 Å². The van der Waals surface area contributed by atoms with Gasteiger partial charge >= 0.3 is 0 Å². The monoisotopic (exact) mass is 412 g/mol. The predicted octanol–water partition coefficient (Wildman–Crippen LogP) is 5.69. The van der Waals surface area contributed by atoms with Gasteiger partial charge < -0.3 is 9.47 Å². The summed E-state index contributed by atoms with van der Waals surface area (Å²) in [7, 11) is 0. The first-order valence-corrected chi connectivity index (χ1v) is 9.67. The molecule has 2 aromatic carbocycles. The van der Waals surface area contributed by atoms with Gasteiger partial charge in [-0.25, -0.2) is 0 Å². The summed E-state index contributed by atoms with van der Waals surface area (Å²) < 4.78 is 11.2. The molecule has 0 atom stereocenters. The van der Waals surface area contributed by atoms with Crippen molar-refractivity contribution in [3.8, 4) is 5.75 Å². The number of nitrogens with zero attached hydrogens (tertiary/aromatic N) is 2. The largest absolute Gasteiger partial charge is 0.494 e. The molecule has 0 amide bonds. The third-order valence-corrected chi connectivity index (χ3v) is 4.25. The van der Waals surface area contributed by atoms with Crippen molar-refractivity contribution in [2.45, 2.75) is 26.7 Å². The van der Waals surface area contributed by atoms with Crippen LogP contribution in [0.1, 0.15) is 32.3 Å². The number of ether oxygens (including phenoxy) is 2. The molecule has 0 saturated heterocycles. The third-order valence-electron chi connectivity index (χ3n) is 4.25. The Kier molecular flexibility index (Phi) is 8.56. The first-order valence-electron chi connectivity index (χ1n) is 9.67. The third kappa shape index (κ3) is 6.44. The van der Waals surface area contributed by atoms with Crippen LogP contribution < -0.4 is 4.74 Å². The molecule has 0 bridgehead atoms. The smallest absolute Gasteiger partial charge is 0.269 e. The molecule has 0 saturated carbocycles. The molecule has 1 aliphatic carbocycles. The Bertz CT molecular complexity index is 918. The summed E-state index contributed by atoms with van der Waals surface area (Å²) in [6.45, 7) is 4.69. The van der Waals surface area contributed by atoms with E-state index in [2.05, 4.69) is 0 Å². The summed E-state index contributed by atoms with van der Waals surface area (Å²) in [5, 5.41) is 21.3. The molecular formula is C22H24N2O6. The van der Waals surface area contributed by atoms with Crippen molar-refractivity contribution in [3.63, 3.8) is 0 Å². The van der Waals surface area contributed by atoms with E-state index in [-0.39, 0.29) is 11.4 Å². The normalized spacial score (nSPS) is 12.6. The van der Waals surface area contributed by atoms with E-state index in [1.807, 2.05) is 26.0 Å². The molecule has 0 N–H and O–H groups in total. The Labute approximate surface area is 174 Å². The molecule has 0 heterocycles. The highest BCUT2D eigenvalue weighted by Gasteiger charge is 2.11. The van der Waals surface area contributed by atoms with Crippen LogP contribution in [-0.4, -0.2) is 23.1 Å². The van der Waals surface area contributed by atoms with Gasteiger partial charge in [-0.05, 0) is 47.9 Å². The topological polar surface area (TPSA) is 105 Å². The van der Waals surface area contributed by atoms with E-state index >= 15 is 0 Å². The molecule has 0 fully saturated rings. The van der Waals surface area contributed by atoms with Gasteiger partial charge in [0.1, 0.15) is 19.0 Å². The van der Waals surface area contributed by atoms with Crippen LogP contribution >= 0.6 is 0 Å². The fraction of sp³-hybridized carbons (Fsp3) is 0.273. The lowest BCUT2D eigenvalue weighted by Gasteiger charge is -2.16. The lowest BCUT2D eigenvalue weighted by molar-refractivity contribution is -0.385. The van der Waals surface area contributed by atoms with Gasteiger partial charge in [0, 0.05) is 30.7 Å². The number of nitro groups is 2. The number of nitro benzene ring substituents is 2. The van der Waals surface area contributed by atoms with Gasteiger partial charge in [0.25, 0.3) is 11.4 Å². The summed E-state index contributed by atoms with van der Waals surface area (Å²) in [6.07, 6.45) is 5.37. The van der Waals surface area contributed by atoms with Crippen LogP contribution in [0.4, 0.5) is 11.4 Å². The number of rotatable bonds is 8. The zero-order chi connectivity index (χ0) is 21.9. The maximum Gasteiger partial charge on any atom is 0.269 e. The average Bonchev–Trinajstić information content (AvgIpc) is 2.79. The second-order valence-electron chi connectivity index (χ2n) is 6.08. The molecule has 0 aliphatic heterocycles. The molecule has 158 valence electrons. The van der Waals surface area contributed by atoms with E-state index in [4.69, 9.17) is 9.47 Å². The van der Waals surface area contributed by atoms with Crippen LogP contribution in [0.5, 0.6) is 5.75 Å². The van der Waals surface area contributed by atoms with Crippen molar-refractivity contribution in [1.82, 2.24) is 0 Å². The van der Waals surface area contributed by atoms with Crippen LogP contribution in [-0.2, 0) is 4.74 Å². The lowest BCUT2D eigenvalue weighted by Crippen LogP contribution is -2.07. The summed E-state index contributed by atoms with van der Waals surface area (Å²) in [4.78, 5) is 20.5. The summed E-state index contributed by atoms with van der Waals surface area (Å²) in [5.41, 5.74) is 2.16. The minimum atomic E-state index is -0.457. The minimum Gasteiger partial charge on any atom is -0.494 e. The van der Waals surface area contributed by atoms with E-state index in [9.17, 15) is 20.2 Å². The van der Waals surface area contributed by atoms with Crippen LogP contribution in [0.3, 0.4) is 0 Å². The van der Waals surface area contributed by atoms with Crippen molar-refractivity contribution >= 4 is 16.9 Å². The Hall–Kier alpha value is -3.68. The molecule has 0 spiro atoms. The molecule has 3 rings (SSSR count). The van der Waals surface area contributed by atoms with Gasteiger partial charge in [0.15, 0.2) is 0 Å². The maximum atomic E-state index is 10.7. The molecule has 8 heteroatoms. The van der Waals surface area contributed by atoms with Crippen molar-refractivity contribution in [1.29, 1.82) is 0 Å². The highest BCUT2D eigenvalue weighted by molar-refractivity contribution is 5.69. The molecule has 0 radical (unpaired) electrons. The Morgan fingerprint density at radius 2 is 1.30 bits per heavy atom. The number of hydrogen-bond acceptors (Lipinski definition) is 6. The first kappa shape index (κ1) is 22.6. The van der Waals surface area contributed by atoms with E-state index in [1.54, 1.807) is 24.3 Å². The van der Waals surface area contributed by atoms with Gasteiger partial charge in [-0.2, -0.15) is 0 Å². The van der Waals surface area contributed by atoms with Gasteiger partial charge in [-0.15, -0.1) is 0 Å². The van der Waals surface area contributed by atoms with Crippen LogP contribution in [0.25, 0.3) is 5.57 Å². The van der Waals surface area contributed by atoms with Crippen molar-refractivity contribution in [2.75, 3.05) is 13.2 Å². The fourth-order valence-corrected chi connectivity index (χ4v) is 2.77. The maximum absolute atomic E-state index is 10.7. The number of benzene rings is 2. The summed E-state index contributed by atoms with van der Waals surface area (Å²) in [6, 6.07) is 12.4. The summed E-state index contributed by atoms with van der Waals surface area (Å²) >= 11 is 0. The Morgan fingerprint density at radius 3 is 1.80 bits per heavy atom. The van der Waals surface area contributed by atoms with Crippen molar-refractivity contribution < 1.29 is 19.3 Å². The average molecular weight is 412 g/mol. The SMILES string of the molecule is CC.O=[N+]([O-])c1ccc(OCCOC2=CC=C(c3ccc([N+](=O)[O-])cc3)CC2)cc1.